The molecule has 0 spiro atoms. The largest absolute Gasteiger partial charge is 0.340 e. The van der Waals surface area contributed by atoms with Gasteiger partial charge in [0.25, 0.3) is 0 Å². The molecule has 0 aliphatic carbocycles. The molecule has 0 saturated heterocycles. The summed E-state index contributed by atoms with van der Waals surface area (Å²) >= 11 is 0. The van der Waals surface area contributed by atoms with E-state index >= 15 is 0 Å². The van der Waals surface area contributed by atoms with Gasteiger partial charge in [-0.05, 0) is 56.5 Å². The fourth-order valence-corrected chi connectivity index (χ4v) is 4.40. The lowest BCUT2D eigenvalue weighted by atomic mass is 10.1. The molecule has 0 fully saturated rings. The van der Waals surface area contributed by atoms with E-state index in [4.69, 9.17) is 0 Å². The number of likely N-dealkylation sites (N-methyl/N-ethyl adjacent to an activating group) is 1. The molecule has 2 aromatic carbocycles. The second kappa shape index (κ2) is 8.13. The molecule has 146 valence electrons. The van der Waals surface area contributed by atoms with Crippen LogP contribution in [-0.2, 0) is 21.4 Å². The zero-order valence-corrected chi connectivity index (χ0v) is 17.7. The number of hydrogen-bond acceptors (Lipinski definition) is 3. The van der Waals surface area contributed by atoms with Gasteiger partial charge >= 0.3 is 0 Å². The van der Waals surface area contributed by atoms with Gasteiger partial charge in [0.1, 0.15) is 6.04 Å². The minimum absolute atomic E-state index is 0.250. The first-order valence-electron chi connectivity index (χ1n) is 8.87. The molecule has 0 aliphatic heterocycles. The number of amides is 1. The summed E-state index contributed by atoms with van der Waals surface area (Å²) in [5, 5.41) is 0. The van der Waals surface area contributed by atoms with Gasteiger partial charge in [-0.25, -0.2) is 8.42 Å². The van der Waals surface area contributed by atoms with Gasteiger partial charge in [0.05, 0.1) is 11.9 Å². The Kier molecular flexibility index (Phi) is 6.31. The number of carbonyl (C=O) groups is 1. The van der Waals surface area contributed by atoms with Crippen molar-refractivity contribution in [2.24, 2.45) is 0 Å². The van der Waals surface area contributed by atoms with E-state index in [2.05, 4.69) is 0 Å². The first-order chi connectivity index (χ1) is 12.5. The fourth-order valence-electron chi connectivity index (χ4n) is 3.24. The average molecular weight is 389 g/mol. The molecule has 0 aromatic heterocycles. The van der Waals surface area contributed by atoms with Gasteiger partial charge in [0.15, 0.2) is 0 Å². The topological polar surface area (TPSA) is 57.7 Å². The molecule has 27 heavy (non-hydrogen) atoms. The third-order valence-electron chi connectivity index (χ3n) is 4.44. The van der Waals surface area contributed by atoms with Crippen LogP contribution in [0.4, 0.5) is 5.69 Å². The molecular weight excluding hydrogens is 360 g/mol. The van der Waals surface area contributed by atoms with E-state index in [0.717, 1.165) is 28.5 Å². The van der Waals surface area contributed by atoms with Gasteiger partial charge in [0, 0.05) is 13.6 Å². The first-order valence-corrected chi connectivity index (χ1v) is 10.7. The first kappa shape index (κ1) is 21.0. The summed E-state index contributed by atoms with van der Waals surface area (Å²) in [6.45, 7) is 7.88. The standard InChI is InChI=1S/C21H28N2O3S/c1-15-7-9-19(10-8-15)14-22(5)21(24)18(4)23(27(6,25)26)20-12-16(2)11-17(3)13-20/h7-13,18H,14H2,1-6H3. The number of rotatable bonds is 6. The minimum Gasteiger partial charge on any atom is -0.340 e. The van der Waals surface area contributed by atoms with Crippen LogP contribution in [0, 0.1) is 20.8 Å². The van der Waals surface area contributed by atoms with Crippen molar-refractivity contribution in [3.8, 4) is 0 Å². The molecule has 2 rings (SSSR count). The molecule has 2 aromatic rings. The van der Waals surface area contributed by atoms with Crippen LogP contribution in [-0.4, -0.2) is 38.6 Å². The third kappa shape index (κ3) is 5.32. The van der Waals surface area contributed by atoms with E-state index in [1.807, 2.05) is 51.1 Å². The Bertz CT molecular complexity index is 901. The van der Waals surface area contributed by atoms with E-state index in [1.165, 1.54) is 4.31 Å². The number of benzene rings is 2. The number of anilines is 1. The molecule has 0 heterocycles. The Labute approximate surface area is 162 Å². The van der Waals surface area contributed by atoms with E-state index in [-0.39, 0.29) is 5.91 Å². The van der Waals surface area contributed by atoms with Gasteiger partial charge in [0.2, 0.25) is 15.9 Å². The van der Waals surface area contributed by atoms with Crippen molar-refractivity contribution in [1.29, 1.82) is 0 Å². The normalized spacial score (nSPS) is 12.5. The van der Waals surface area contributed by atoms with Gasteiger partial charge in [-0.3, -0.25) is 9.10 Å². The summed E-state index contributed by atoms with van der Waals surface area (Å²) in [4.78, 5) is 14.5. The predicted octanol–water partition coefficient (Wildman–Crippen LogP) is 3.42. The van der Waals surface area contributed by atoms with Crippen molar-refractivity contribution in [2.45, 2.75) is 40.3 Å². The molecule has 0 aliphatic rings. The van der Waals surface area contributed by atoms with Crippen LogP contribution in [0.2, 0.25) is 0 Å². The SMILES string of the molecule is Cc1ccc(CN(C)C(=O)C(C)N(c2cc(C)cc(C)c2)S(C)(=O)=O)cc1. The predicted molar refractivity (Wildman–Crippen MR) is 110 cm³/mol. The van der Waals surface area contributed by atoms with Crippen LogP contribution in [0.25, 0.3) is 0 Å². The van der Waals surface area contributed by atoms with Gasteiger partial charge < -0.3 is 4.90 Å². The quantitative estimate of drug-likeness (QED) is 0.762. The minimum atomic E-state index is -3.62. The third-order valence-corrected chi connectivity index (χ3v) is 5.69. The van der Waals surface area contributed by atoms with Gasteiger partial charge in [-0.15, -0.1) is 0 Å². The maximum atomic E-state index is 13.0. The summed E-state index contributed by atoms with van der Waals surface area (Å²) in [6, 6.07) is 12.7. The zero-order valence-electron chi connectivity index (χ0n) is 16.9. The lowest BCUT2D eigenvalue weighted by Crippen LogP contribution is -2.48. The smallest absolute Gasteiger partial charge is 0.246 e. The number of aryl methyl sites for hydroxylation is 3. The summed E-state index contributed by atoms with van der Waals surface area (Å²) in [7, 11) is -1.93. The lowest BCUT2D eigenvalue weighted by Gasteiger charge is -2.31. The van der Waals surface area contributed by atoms with E-state index in [9.17, 15) is 13.2 Å². The van der Waals surface area contributed by atoms with Crippen molar-refractivity contribution < 1.29 is 13.2 Å². The highest BCUT2D eigenvalue weighted by Gasteiger charge is 2.31. The zero-order chi connectivity index (χ0) is 20.4. The van der Waals surface area contributed by atoms with E-state index in [1.54, 1.807) is 31.0 Å². The van der Waals surface area contributed by atoms with Gasteiger partial charge in [-0.1, -0.05) is 35.9 Å². The molecule has 0 N–H and O–H groups in total. The Balaban J connectivity index is 2.30. The van der Waals surface area contributed by atoms with Crippen molar-refractivity contribution >= 4 is 21.6 Å². The summed E-state index contributed by atoms with van der Waals surface area (Å²) in [5.41, 5.74) is 4.57. The molecule has 5 nitrogen and oxygen atoms in total. The lowest BCUT2D eigenvalue weighted by molar-refractivity contribution is -0.131. The summed E-state index contributed by atoms with van der Waals surface area (Å²) in [5.74, 6) is -0.250. The second-order valence-corrected chi connectivity index (χ2v) is 9.12. The average Bonchev–Trinajstić information content (AvgIpc) is 2.54. The summed E-state index contributed by atoms with van der Waals surface area (Å²) in [6.07, 6.45) is 1.13. The highest BCUT2D eigenvalue weighted by atomic mass is 32.2. The molecular formula is C21H28N2O3S. The fraction of sp³-hybridized carbons (Fsp3) is 0.381. The highest BCUT2D eigenvalue weighted by molar-refractivity contribution is 7.92. The Hall–Kier alpha value is -2.34. The molecule has 0 radical (unpaired) electrons. The van der Waals surface area contributed by atoms with Crippen LogP contribution in [0.5, 0.6) is 0 Å². The van der Waals surface area contributed by atoms with Crippen molar-refractivity contribution in [3.05, 3.63) is 64.7 Å². The van der Waals surface area contributed by atoms with E-state index in [0.29, 0.717) is 12.2 Å². The molecule has 6 heteroatoms. The maximum absolute atomic E-state index is 13.0. The monoisotopic (exact) mass is 388 g/mol. The van der Waals surface area contributed by atoms with Crippen LogP contribution in [0.15, 0.2) is 42.5 Å². The van der Waals surface area contributed by atoms with Crippen LogP contribution >= 0.6 is 0 Å². The molecule has 0 bridgehead atoms. The molecule has 1 atom stereocenters. The Morgan fingerprint density at radius 1 is 0.963 bits per heavy atom. The molecule has 1 amide bonds. The van der Waals surface area contributed by atoms with Crippen molar-refractivity contribution in [2.75, 3.05) is 17.6 Å². The number of carbonyl (C=O) groups excluding carboxylic acids is 1. The van der Waals surface area contributed by atoms with Crippen LogP contribution in [0.3, 0.4) is 0 Å². The number of hydrogen-bond donors (Lipinski definition) is 0. The number of sulfonamides is 1. The van der Waals surface area contributed by atoms with Crippen molar-refractivity contribution in [1.82, 2.24) is 4.90 Å². The highest BCUT2D eigenvalue weighted by Crippen LogP contribution is 2.24. The van der Waals surface area contributed by atoms with E-state index < -0.39 is 16.1 Å². The van der Waals surface area contributed by atoms with Crippen LogP contribution < -0.4 is 4.31 Å². The van der Waals surface area contributed by atoms with Crippen LogP contribution in [0.1, 0.15) is 29.2 Å². The second-order valence-electron chi connectivity index (χ2n) is 7.26. The molecule has 1 unspecified atom stereocenters. The van der Waals surface area contributed by atoms with Crippen molar-refractivity contribution in [3.63, 3.8) is 0 Å². The Morgan fingerprint density at radius 2 is 1.48 bits per heavy atom. The summed E-state index contributed by atoms with van der Waals surface area (Å²) < 4.78 is 26.2. The molecule has 0 saturated carbocycles. The maximum Gasteiger partial charge on any atom is 0.246 e. The Morgan fingerprint density at radius 3 is 1.96 bits per heavy atom. The van der Waals surface area contributed by atoms with Gasteiger partial charge in [-0.2, -0.15) is 0 Å². The number of nitrogens with zero attached hydrogens (tertiary/aromatic N) is 2.